The van der Waals surface area contributed by atoms with Crippen molar-refractivity contribution in [3.8, 4) is 5.75 Å². The predicted octanol–water partition coefficient (Wildman–Crippen LogP) is 4.63. The Morgan fingerprint density at radius 1 is 0.966 bits per heavy atom. The minimum atomic E-state index is -0.375. The molecule has 0 fully saturated rings. The maximum Gasteiger partial charge on any atom is 0.192 e. The van der Waals surface area contributed by atoms with E-state index in [1.165, 1.54) is 0 Å². The molecule has 4 heteroatoms. The Morgan fingerprint density at radius 3 is 2.48 bits per heavy atom. The molecule has 1 unspecified atom stereocenters. The van der Waals surface area contributed by atoms with E-state index in [9.17, 15) is 9.59 Å². The van der Waals surface area contributed by atoms with E-state index >= 15 is 0 Å². The van der Waals surface area contributed by atoms with Crippen LogP contribution in [0.2, 0.25) is 0 Å². The molecule has 0 spiro atoms. The largest absolute Gasteiger partial charge is 0.497 e. The van der Waals surface area contributed by atoms with Gasteiger partial charge in [-0.1, -0.05) is 50.2 Å². The highest BCUT2D eigenvalue weighted by Crippen LogP contribution is 2.51. The number of carbonyl (C=O) groups is 2. The number of hydrogen-bond acceptors (Lipinski definition) is 4. The Morgan fingerprint density at radius 2 is 1.72 bits per heavy atom. The van der Waals surface area contributed by atoms with Crippen molar-refractivity contribution >= 4 is 17.3 Å². The van der Waals surface area contributed by atoms with Gasteiger partial charge in [0.2, 0.25) is 0 Å². The maximum atomic E-state index is 13.4. The third-order valence-electron chi connectivity index (χ3n) is 6.16. The third-order valence-corrected chi connectivity index (χ3v) is 6.16. The number of ether oxygens (including phenoxy) is 1. The molecular formula is C25H23NO3. The Bertz CT molecular complexity index is 1140. The summed E-state index contributed by atoms with van der Waals surface area (Å²) in [5.74, 6) is 0.462. The van der Waals surface area contributed by atoms with Gasteiger partial charge in [-0.3, -0.25) is 9.59 Å². The minimum Gasteiger partial charge on any atom is -0.497 e. The fourth-order valence-corrected chi connectivity index (χ4v) is 4.94. The molecule has 2 aromatic rings. The van der Waals surface area contributed by atoms with Gasteiger partial charge >= 0.3 is 0 Å². The average molecular weight is 385 g/mol. The monoisotopic (exact) mass is 385 g/mol. The number of methoxy groups -OCH3 is 1. The lowest BCUT2D eigenvalue weighted by atomic mass is 9.68. The third kappa shape index (κ3) is 2.66. The SMILES string of the molecule is COc1cccc(C2C3=C(CC(C)(C)CC3=O)NC3=C2C(=O)c2ccccc23)c1. The van der Waals surface area contributed by atoms with E-state index in [2.05, 4.69) is 19.2 Å². The highest BCUT2D eigenvalue weighted by molar-refractivity contribution is 6.23. The fraction of sp³-hybridized carbons (Fsp3) is 0.280. The van der Waals surface area contributed by atoms with Crippen LogP contribution in [0.25, 0.3) is 5.70 Å². The van der Waals surface area contributed by atoms with Crippen molar-refractivity contribution in [2.24, 2.45) is 5.41 Å². The van der Waals surface area contributed by atoms with Crippen LogP contribution in [0.15, 0.2) is 65.4 Å². The van der Waals surface area contributed by atoms with Crippen molar-refractivity contribution < 1.29 is 14.3 Å². The number of dihydropyridines is 1. The molecule has 1 atom stereocenters. The molecule has 29 heavy (non-hydrogen) atoms. The van der Waals surface area contributed by atoms with Crippen molar-refractivity contribution in [2.45, 2.75) is 32.6 Å². The van der Waals surface area contributed by atoms with Crippen molar-refractivity contribution in [2.75, 3.05) is 7.11 Å². The van der Waals surface area contributed by atoms with Gasteiger partial charge < -0.3 is 10.1 Å². The molecule has 0 aromatic heterocycles. The summed E-state index contributed by atoms with van der Waals surface area (Å²) in [5, 5.41) is 3.50. The zero-order valence-corrected chi connectivity index (χ0v) is 16.8. The summed E-state index contributed by atoms with van der Waals surface area (Å²) in [4.78, 5) is 26.7. The van der Waals surface area contributed by atoms with Crippen LogP contribution >= 0.6 is 0 Å². The highest BCUT2D eigenvalue weighted by Gasteiger charge is 2.46. The van der Waals surface area contributed by atoms with Gasteiger partial charge in [-0.2, -0.15) is 0 Å². The van der Waals surface area contributed by atoms with E-state index < -0.39 is 0 Å². The standard InChI is InChI=1S/C25H23NO3/c1-25(2)12-18-21(19(27)13-25)20(14-7-6-8-15(11-14)29-3)22-23(26-18)16-9-4-5-10-17(16)24(22)28/h4-11,20,26H,12-13H2,1-3H3. The summed E-state index contributed by atoms with van der Waals surface area (Å²) in [6.07, 6.45) is 1.26. The van der Waals surface area contributed by atoms with Gasteiger partial charge in [0.05, 0.1) is 12.8 Å². The molecule has 2 aromatic carbocycles. The molecule has 146 valence electrons. The zero-order chi connectivity index (χ0) is 20.3. The second-order valence-electron chi connectivity index (χ2n) is 8.83. The Labute approximate surface area is 170 Å². The lowest BCUT2D eigenvalue weighted by molar-refractivity contribution is -0.118. The molecule has 5 rings (SSSR count). The molecule has 2 aliphatic carbocycles. The molecule has 0 bridgehead atoms. The number of fused-ring (bicyclic) bond motifs is 2. The van der Waals surface area contributed by atoms with Crippen LogP contribution < -0.4 is 10.1 Å². The van der Waals surface area contributed by atoms with Crippen LogP contribution in [0.3, 0.4) is 0 Å². The first kappa shape index (κ1) is 17.9. The van der Waals surface area contributed by atoms with E-state index in [0.717, 1.165) is 40.3 Å². The average Bonchev–Trinajstić information content (AvgIpc) is 2.98. The summed E-state index contributed by atoms with van der Waals surface area (Å²) in [6, 6.07) is 15.4. The topological polar surface area (TPSA) is 55.4 Å². The predicted molar refractivity (Wildman–Crippen MR) is 112 cm³/mol. The maximum absolute atomic E-state index is 13.4. The lowest BCUT2D eigenvalue weighted by Gasteiger charge is -2.39. The summed E-state index contributed by atoms with van der Waals surface area (Å²) in [6.45, 7) is 4.24. The fourth-order valence-electron chi connectivity index (χ4n) is 4.94. The van der Waals surface area contributed by atoms with Gasteiger partial charge in [-0.15, -0.1) is 0 Å². The molecular weight excluding hydrogens is 362 g/mol. The lowest BCUT2D eigenvalue weighted by Crippen LogP contribution is -2.37. The number of ketones is 2. The number of hydrogen-bond donors (Lipinski definition) is 1. The summed E-state index contributed by atoms with van der Waals surface area (Å²) in [7, 11) is 1.63. The Hall–Kier alpha value is -3.14. The first-order chi connectivity index (χ1) is 13.9. The van der Waals surface area contributed by atoms with Crippen molar-refractivity contribution in [1.82, 2.24) is 5.32 Å². The number of rotatable bonds is 2. The summed E-state index contributed by atoms with van der Waals surface area (Å²) in [5.41, 5.74) is 5.63. The first-order valence-corrected chi connectivity index (χ1v) is 9.95. The number of benzene rings is 2. The zero-order valence-electron chi connectivity index (χ0n) is 16.8. The van der Waals surface area contributed by atoms with Gasteiger partial charge in [0.25, 0.3) is 0 Å². The summed E-state index contributed by atoms with van der Waals surface area (Å²) >= 11 is 0. The molecule has 0 amide bonds. The Balaban J connectivity index is 1.75. The van der Waals surface area contributed by atoms with Crippen LogP contribution in [-0.4, -0.2) is 18.7 Å². The molecule has 3 aliphatic rings. The normalized spacial score (nSPS) is 22.1. The van der Waals surface area contributed by atoms with E-state index in [1.54, 1.807) is 7.11 Å². The van der Waals surface area contributed by atoms with Crippen LogP contribution in [-0.2, 0) is 4.79 Å². The number of carbonyl (C=O) groups excluding carboxylic acids is 2. The molecule has 0 saturated heterocycles. The van der Waals surface area contributed by atoms with Crippen LogP contribution in [0.5, 0.6) is 5.75 Å². The number of allylic oxidation sites excluding steroid dienone is 3. The number of nitrogens with one attached hydrogen (secondary N) is 1. The quantitative estimate of drug-likeness (QED) is 0.819. The van der Waals surface area contributed by atoms with Crippen LogP contribution in [0, 0.1) is 5.41 Å². The molecule has 0 saturated carbocycles. The van der Waals surface area contributed by atoms with Crippen molar-refractivity contribution in [3.63, 3.8) is 0 Å². The smallest absolute Gasteiger partial charge is 0.192 e. The highest BCUT2D eigenvalue weighted by atomic mass is 16.5. The van der Waals surface area contributed by atoms with Crippen LogP contribution in [0.1, 0.15) is 54.1 Å². The Kier molecular flexibility index (Phi) is 3.82. The van der Waals surface area contributed by atoms with E-state index in [1.807, 2.05) is 48.5 Å². The van der Waals surface area contributed by atoms with Gasteiger partial charge in [0.1, 0.15) is 5.75 Å². The van der Waals surface area contributed by atoms with Gasteiger partial charge in [0.15, 0.2) is 11.6 Å². The van der Waals surface area contributed by atoms with E-state index in [0.29, 0.717) is 17.6 Å². The molecule has 4 nitrogen and oxygen atoms in total. The molecule has 1 heterocycles. The van der Waals surface area contributed by atoms with E-state index in [-0.39, 0.29) is 22.9 Å². The second-order valence-corrected chi connectivity index (χ2v) is 8.83. The minimum absolute atomic E-state index is 0.0000959. The van der Waals surface area contributed by atoms with Gasteiger partial charge in [0, 0.05) is 40.3 Å². The second kappa shape index (κ2) is 6.18. The molecule has 1 aliphatic heterocycles. The summed E-state index contributed by atoms with van der Waals surface area (Å²) < 4.78 is 5.42. The van der Waals surface area contributed by atoms with Gasteiger partial charge in [-0.05, 0) is 29.5 Å². The van der Waals surface area contributed by atoms with E-state index in [4.69, 9.17) is 4.74 Å². The van der Waals surface area contributed by atoms with Gasteiger partial charge in [-0.25, -0.2) is 0 Å². The van der Waals surface area contributed by atoms with Crippen molar-refractivity contribution in [1.29, 1.82) is 0 Å². The van der Waals surface area contributed by atoms with Crippen molar-refractivity contribution in [3.05, 3.63) is 82.1 Å². The molecule has 0 radical (unpaired) electrons. The molecule has 1 N–H and O–H groups in total. The first-order valence-electron chi connectivity index (χ1n) is 9.95. The van der Waals surface area contributed by atoms with Crippen LogP contribution in [0.4, 0.5) is 0 Å². The number of Topliss-reactive ketones (excluding diaryl/α,β-unsaturated/α-hetero) is 2.